The first-order valence-corrected chi connectivity index (χ1v) is 8.98. The highest BCUT2D eigenvalue weighted by Gasteiger charge is 2.16. The molecule has 0 aliphatic rings. The number of ether oxygens (including phenoxy) is 1. The van der Waals surface area contributed by atoms with Crippen molar-refractivity contribution in [3.05, 3.63) is 95.2 Å². The highest BCUT2D eigenvalue weighted by molar-refractivity contribution is 5.89. The fourth-order valence-electron chi connectivity index (χ4n) is 3.36. The molecule has 0 unspecified atom stereocenters. The molecule has 28 heavy (non-hydrogen) atoms. The summed E-state index contributed by atoms with van der Waals surface area (Å²) >= 11 is 0. The summed E-state index contributed by atoms with van der Waals surface area (Å²) in [5.41, 5.74) is 5.61. The third-order valence-corrected chi connectivity index (χ3v) is 5.00. The molecule has 0 N–H and O–H groups in total. The van der Waals surface area contributed by atoms with E-state index in [1.807, 2.05) is 12.3 Å². The molecule has 4 rings (SSSR count). The smallest absolute Gasteiger partial charge is 0.162 e. The lowest BCUT2D eigenvalue weighted by atomic mass is 10.2. The zero-order chi connectivity index (χ0) is 18.8. The van der Waals surface area contributed by atoms with Crippen LogP contribution in [0.25, 0.3) is 10.9 Å². The van der Waals surface area contributed by atoms with Gasteiger partial charge in [-0.1, -0.05) is 42.5 Å². The molecule has 0 radical (unpaired) electrons. The minimum atomic E-state index is -0.245. The van der Waals surface area contributed by atoms with Crippen LogP contribution in [0.1, 0.15) is 22.4 Å². The zero-order valence-electron chi connectivity index (χ0n) is 15.9. The molecule has 0 atom stereocenters. The minimum absolute atomic E-state index is 0. The van der Waals surface area contributed by atoms with Crippen molar-refractivity contribution in [3.63, 3.8) is 0 Å². The molecule has 0 bridgehead atoms. The second kappa shape index (κ2) is 8.44. The number of nitrogens with zero attached hydrogens (tertiary/aromatic N) is 2. The summed E-state index contributed by atoms with van der Waals surface area (Å²) in [6, 6.07) is 16.8. The Morgan fingerprint density at radius 2 is 1.64 bits per heavy atom. The van der Waals surface area contributed by atoms with Gasteiger partial charge >= 0.3 is 0 Å². The molecule has 2 heterocycles. The van der Waals surface area contributed by atoms with Crippen LogP contribution >= 0.6 is 12.4 Å². The molecule has 0 saturated heterocycles. The second-order valence-corrected chi connectivity index (χ2v) is 6.73. The lowest BCUT2D eigenvalue weighted by Crippen LogP contribution is -2.04. The van der Waals surface area contributed by atoms with Gasteiger partial charge in [-0.05, 0) is 42.7 Å². The van der Waals surface area contributed by atoms with Crippen LogP contribution in [0.4, 0.5) is 4.39 Å². The third-order valence-electron chi connectivity index (χ3n) is 5.00. The maximum atomic E-state index is 13.1. The van der Waals surface area contributed by atoms with Crippen molar-refractivity contribution in [2.75, 3.05) is 0 Å². The maximum absolute atomic E-state index is 13.1. The van der Waals surface area contributed by atoms with E-state index in [0.29, 0.717) is 6.61 Å². The molecule has 0 fully saturated rings. The Hall–Kier alpha value is -2.85. The molecule has 3 nitrogen and oxygen atoms in total. The first-order chi connectivity index (χ1) is 13.1. The van der Waals surface area contributed by atoms with Gasteiger partial charge in [0.1, 0.15) is 12.4 Å². The van der Waals surface area contributed by atoms with Crippen LogP contribution in [0, 0.1) is 19.7 Å². The summed E-state index contributed by atoms with van der Waals surface area (Å²) in [6.45, 7) is 5.39. The number of hydrogen-bond donors (Lipinski definition) is 0. The summed E-state index contributed by atoms with van der Waals surface area (Å²) in [5, 5.41) is 1.10. The Bertz CT molecular complexity index is 1080. The average Bonchev–Trinajstić information content (AvgIpc) is 2.94. The van der Waals surface area contributed by atoms with Crippen LogP contribution in [-0.4, -0.2) is 9.55 Å². The number of benzene rings is 2. The topological polar surface area (TPSA) is 27.1 Å². The Morgan fingerprint density at radius 1 is 0.929 bits per heavy atom. The number of aryl methyl sites for hydroxylation is 1. The highest BCUT2D eigenvalue weighted by Crippen LogP contribution is 2.32. The van der Waals surface area contributed by atoms with Crippen LogP contribution in [0.2, 0.25) is 0 Å². The van der Waals surface area contributed by atoms with Gasteiger partial charge < -0.3 is 9.30 Å². The molecular formula is C23H22ClFN2O. The van der Waals surface area contributed by atoms with E-state index in [2.05, 4.69) is 47.7 Å². The summed E-state index contributed by atoms with van der Waals surface area (Å²) in [4.78, 5) is 4.36. The summed E-state index contributed by atoms with van der Waals surface area (Å²) in [6.07, 6.45) is 3.65. The Kier molecular flexibility index (Phi) is 6.00. The molecule has 144 valence electrons. The highest BCUT2D eigenvalue weighted by atomic mass is 35.5. The van der Waals surface area contributed by atoms with Crippen molar-refractivity contribution in [2.24, 2.45) is 0 Å². The summed E-state index contributed by atoms with van der Waals surface area (Å²) in [7, 11) is 0. The van der Waals surface area contributed by atoms with Gasteiger partial charge in [0.05, 0.1) is 11.7 Å². The second-order valence-electron chi connectivity index (χ2n) is 6.73. The molecule has 0 aliphatic heterocycles. The minimum Gasteiger partial charge on any atom is -0.485 e. The van der Waals surface area contributed by atoms with Gasteiger partial charge in [-0.15, -0.1) is 12.4 Å². The van der Waals surface area contributed by atoms with Crippen LogP contribution in [0.5, 0.6) is 5.75 Å². The predicted molar refractivity (Wildman–Crippen MR) is 113 cm³/mol. The van der Waals surface area contributed by atoms with Crippen molar-refractivity contribution < 1.29 is 9.13 Å². The Balaban J connectivity index is 0.00000225. The molecule has 0 aliphatic carbocycles. The maximum Gasteiger partial charge on any atom is 0.162 e. The number of rotatable bonds is 5. The van der Waals surface area contributed by atoms with Crippen LogP contribution in [-0.2, 0) is 13.2 Å². The standard InChI is InChI=1S/C23H21FN2O.ClH/c1-16-17(2)26(14-18-6-4-3-5-7-18)23-21(16)12-25-13-22(23)27-15-19-8-10-20(24)11-9-19;/h3-13H,14-15H2,1-2H3;1H. The van der Waals surface area contributed by atoms with Crippen molar-refractivity contribution in [1.29, 1.82) is 0 Å². The first-order valence-electron chi connectivity index (χ1n) is 8.98. The lowest BCUT2D eigenvalue weighted by Gasteiger charge is -2.13. The van der Waals surface area contributed by atoms with Crippen molar-refractivity contribution in [3.8, 4) is 5.75 Å². The largest absolute Gasteiger partial charge is 0.485 e. The Labute approximate surface area is 170 Å². The molecule has 5 heteroatoms. The molecule has 4 aromatic rings. The molecule has 2 aromatic heterocycles. The molecule has 2 aromatic carbocycles. The first kappa shape index (κ1) is 19.9. The molecule has 0 amide bonds. The van der Waals surface area contributed by atoms with E-state index in [0.717, 1.165) is 28.8 Å². The van der Waals surface area contributed by atoms with Gasteiger partial charge in [0, 0.05) is 23.8 Å². The van der Waals surface area contributed by atoms with Gasteiger partial charge in [-0.3, -0.25) is 4.98 Å². The predicted octanol–water partition coefficient (Wildman–Crippen LogP) is 5.84. The summed E-state index contributed by atoms with van der Waals surface area (Å²) in [5.74, 6) is 0.495. The monoisotopic (exact) mass is 396 g/mol. The van der Waals surface area contributed by atoms with E-state index in [4.69, 9.17) is 4.74 Å². The van der Waals surface area contributed by atoms with Crippen LogP contribution in [0.3, 0.4) is 0 Å². The third kappa shape index (κ3) is 3.87. The molecule has 0 spiro atoms. The number of fused-ring (bicyclic) bond motifs is 1. The van der Waals surface area contributed by atoms with E-state index in [1.165, 1.54) is 29.0 Å². The Morgan fingerprint density at radius 3 is 2.36 bits per heavy atom. The van der Waals surface area contributed by atoms with E-state index in [1.54, 1.807) is 18.3 Å². The SMILES string of the molecule is Cc1c(C)n(Cc2ccccc2)c2c(OCc3ccc(F)cc3)cncc12.Cl. The zero-order valence-corrected chi connectivity index (χ0v) is 16.7. The van der Waals surface area contributed by atoms with Crippen LogP contribution in [0.15, 0.2) is 67.0 Å². The normalized spacial score (nSPS) is 10.7. The van der Waals surface area contributed by atoms with Crippen molar-refractivity contribution in [1.82, 2.24) is 9.55 Å². The number of pyridine rings is 1. The fourth-order valence-corrected chi connectivity index (χ4v) is 3.36. The quantitative estimate of drug-likeness (QED) is 0.423. The van der Waals surface area contributed by atoms with Crippen molar-refractivity contribution >= 4 is 23.3 Å². The van der Waals surface area contributed by atoms with Gasteiger partial charge in [0.15, 0.2) is 5.75 Å². The summed E-state index contributed by atoms with van der Waals surface area (Å²) < 4.78 is 21.5. The number of halogens is 2. The van der Waals surface area contributed by atoms with E-state index in [-0.39, 0.29) is 18.2 Å². The fraction of sp³-hybridized carbons (Fsp3) is 0.174. The van der Waals surface area contributed by atoms with Gasteiger partial charge in [-0.2, -0.15) is 0 Å². The lowest BCUT2D eigenvalue weighted by molar-refractivity contribution is 0.307. The van der Waals surface area contributed by atoms with Gasteiger partial charge in [0.2, 0.25) is 0 Å². The average molecular weight is 397 g/mol. The van der Waals surface area contributed by atoms with Crippen molar-refractivity contribution in [2.45, 2.75) is 27.0 Å². The number of hydrogen-bond acceptors (Lipinski definition) is 2. The molecular weight excluding hydrogens is 375 g/mol. The van der Waals surface area contributed by atoms with Gasteiger partial charge in [0.25, 0.3) is 0 Å². The number of aromatic nitrogens is 2. The van der Waals surface area contributed by atoms with E-state index >= 15 is 0 Å². The van der Waals surface area contributed by atoms with Gasteiger partial charge in [-0.25, -0.2) is 4.39 Å². The van der Waals surface area contributed by atoms with Crippen LogP contribution < -0.4 is 4.74 Å². The van der Waals surface area contributed by atoms with E-state index < -0.39 is 0 Å². The van der Waals surface area contributed by atoms with E-state index in [9.17, 15) is 4.39 Å². The molecule has 0 saturated carbocycles.